The van der Waals surface area contributed by atoms with E-state index in [1.165, 1.54) is 0 Å². The molecule has 0 bridgehead atoms. The molecular weight excluding hydrogens is 264 g/mol. The lowest BCUT2D eigenvalue weighted by Gasteiger charge is -2.16. The third-order valence-corrected chi connectivity index (χ3v) is 4.54. The van der Waals surface area contributed by atoms with Crippen LogP contribution in [0.15, 0.2) is 24.3 Å². The largest absolute Gasteiger partial charge is 0.312 e. The highest BCUT2D eigenvalue weighted by Gasteiger charge is 2.21. The molecule has 1 aliphatic rings. The number of benzene rings is 1. The van der Waals surface area contributed by atoms with E-state index >= 15 is 0 Å². The van der Waals surface area contributed by atoms with Gasteiger partial charge in [-0.15, -0.1) is 0 Å². The molecule has 0 saturated carbocycles. The topological polar surface area (TPSA) is 66.5 Å². The molecule has 1 saturated heterocycles. The zero-order valence-electron chi connectivity index (χ0n) is 10.9. The van der Waals surface area contributed by atoms with E-state index in [1.54, 1.807) is 11.8 Å². The summed E-state index contributed by atoms with van der Waals surface area (Å²) in [5, 5.41) is 0. The summed E-state index contributed by atoms with van der Waals surface area (Å²) in [6.07, 6.45) is 1.51. The fraction of sp³-hybridized carbons (Fsp3) is 0.462. The van der Waals surface area contributed by atoms with Gasteiger partial charge in [-0.05, 0) is 31.0 Å². The molecule has 0 radical (unpaired) electrons. The molecule has 19 heavy (non-hydrogen) atoms. The highest BCUT2D eigenvalue weighted by molar-refractivity contribution is 7.89. The van der Waals surface area contributed by atoms with Gasteiger partial charge in [0, 0.05) is 25.2 Å². The third kappa shape index (κ3) is 3.54. The lowest BCUT2D eigenvalue weighted by atomic mass is 10.2. The third-order valence-electron chi connectivity index (χ3n) is 3.20. The van der Waals surface area contributed by atoms with Crippen LogP contribution in [-0.2, 0) is 21.4 Å². The van der Waals surface area contributed by atoms with Gasteiger partial charge < -0.3 is 4.90 Å². The molecule has 6 heteroatoms. The van der Waals surface area contributed by atoms with Crippen LogP contribution in [0, 0.1) is 0 Å². The van der Waals surface area contributed by atoms with Crippen LogP contribution in [0.1, 0.15) is 25.3 Å². The van der Waals surface area contributed by atoms with Crippen molar-refractivity contribution in [1.82, 2.24) is 4.72 Å². The molecule has 0 atom stereocenters. The average molecular weight is 282 g/mol. The summed E-state index contributed by atoms with van der Waals surface area (Å²) in [5.74, 6) is 0.229. The van der Waals surface area contributed by atoms with Gasteiger partial charge in [0.05, 0.1) is 5.75 Å². The number of carbonyl (C=O) groups is 1. The van der Waals surface area contributed by atoms with Crippen molar-refractivity contribution in [2.75, 3.05) is 17.2 Å². The van der Waals surface area contributed by atoms with Gasteiger partial charge in [-0.25, -0.2) is 13.1 Å². The molecule has 1 aromatic carbocycles. The quantitative estimate of drug-likeness (QED) is 0.884. The number of hydrogen-bond donors (Lipinski definition) is 1. The van der Waals surface area contributed by atoms with Crippen molar-refractivity contribution in [3.63, 3.8) is 0 Å². The number of rotatable bonds is 5. The van der Waals surface area contributed by atoms with Crippen LogP contribution >= 0.6 is 0 Å². The van der Waals surface area contributed by atoms with Crippen LogP contribution in [0.5, 0.6) is 0 Å². The average Bonchev–Trinajstić information content (AvgIpc) is 2.83. The Balaban J connectivity index is 2.01. The molecule has 0 unspecified atom stereocenters. The molecule has 0 aromatic heterocycles. The first-order valence-corrected chi connectivity index (χ1v) is 8.04. The Morgan fingerprint density at radius 2 is 1.95 bits per heavy atom. The molecule has 0 spiro atoms. The standard InChI is InChI=1S/C13H18N2O3S/c1-2-19(17,18)14-10-11-5-7-12(8-6-11)15-9-3-4-13(15)16/h5-8,14H,2-4,9-10H2,1H3. The van der Waals surface area contributed by atoms with Crippen LogP contribution in [0.2, 0.25) is 0 Å². The maximum Gasteiger partial charge on any atom is 0.227 e. The van der Waals surface area contributed by atoms with Gasteiger partial charge in [-0.1, -0.05) is 12.1 Å². The van der Waals surface area contributed by atoms with E-state index in [0.717, 1.165) is 24.2 Å². The Hall–Kier alpha value is -1.40. The minimum Gasteiger partial charge on any atom is -0.312 e. The van der Waals surface area contributed by atoms with Crippen molar-refractivity contribution in [3.05, 3.63) is 29.8 Å². The van der Waals surface area contributed by atoms with Crippen LogP contribution in [-0.4, -0.2) is 26.6 Å². The highest BCUT2D eigenvalue weighted by Crippen LogP contribution is 2.21. The number of anilines is 1. The fourth-order valence-corrected chi connectivity index (χ4v) is 2.60. The van der Waals surface area contributed by atoms with Gasteiger partial charge in [0.25, 0.3) is 0 Å². The summed E-state index contributed by atoms with van der Waals surface area (Å²) in [6.45, 7) is 2.65. The normalized spacial score (nSPS) is 16.1. The first-order valence-electron chi connectivity index (χ1n) is 6.38. The molecule has 104 valence electrons. The van der Waals surface area contributed by atoms with Crippen molar-refractivity contribution in [2.45, 2.75) is 26.3 Å². The lowest BCUT2D eigenvalue weighted by molar-refractivity contribution is -0.117. The van der Waals surface area contributed by atoms with E-state index in [9.17, 15) is 13.2 Å². The van der Waals surface area contributed by atoms with Crippen LogP contribution in [0.25, 0.3) is 0 Å². The van der Waals surface area contributed by atoms with Crippen molar-refractivity contribution in [2.24, 2.45) is 0 Å². The van der Waals surface area contributed by atoms with Crippen LogP contribution in [0.3, 0.4) is 0 Å². The number of hydrogen-bond acceptors (Lipinski definition) is 3. The molecular formula is C13H18N2O3S. The number of nitrogens with zero attached hydrogens (tertiary/aromatic N) is 1. The van der Waals surface area contributed by atoms with Crippen molar-refractivity contribution < 1.29 is 13.2 Å². The first-order chi connectivity index (χ1) is 9.02. The van der Waals surface area contributed by atoms with Crippen molar-refractivity contribution in [3.8, 4) is 0 Å². The monoisotopic (exact) mass is 282 g/mol. The Labute approximate surface area is 113 Å². The van der Waals surface area contributed by atoms with E-state index in [4.69, 9.17) is 0 Å². The minimum absolute atomic E-state index is 0.0767. The summed E-state index contributed by atoms with van der Waals surface area (Å²) in [7, 11) is -3.17. The molecule has 1 aliphatic heterocycles. The predicted octanol–water partition coefficient (Wildman–Crippen LogP) is 1.25. The maximum absolute atomic E-state index is 11.6. The smallest absolute Gasteiger partial charge is 0.227 e. The molecule has 2 rings (SSSR count). The van der Waals surface area contributed by atoms with Gasteiger partial charge in [-0.2, -0.15) is 0 Å². The Morgan fingerprint density at radius 3 is 2.47 bits per heavy atom. The second-order valence-electron chi connectivity index (χ2n) is 4.54. The lowest BCUT2D eigenvalue weighted by Crippen LogP contribution is -2.25. The number of nitrogens with one attached hydrogen (secondary N) is 1. The summed E-state index contributed by atoms with van der Waals surface area (Å²) >= 11 is 0. The van der Waals surface area contributed by atoms with Gasteiger partial charge in [0.15, 0.2) is 0 Å². The molecule has 0 aliphatic carbocycles. The molecule has 5 nitrogen and oxygen atoms in total. The second-order valence-corrected chi connectivity index (χ2v) is 6.64. The molecule has 1 aromatic rings. The minimum atomic E-state index is -3.17. The van der Waals surface area contributed by atoms with Crippen molar-refractivity contribution in [1.29, 1.82) is 0 Å². The Morgan fingerprint density at radius 1 is 1.26 bits per heavy atom. The van der Waals surface area contributed by atoms with Crippen molar-refractivity contribution >= 4 is 21.6 Å². The van der Waals surface area contributed by atoms with Gasteiger partial charge in [-0.3, -0.25) is 4.79 Å². The summed E-state index contributed by atoms with van der Waals surface area (Å²) in [6, 6.07) is 7.41. The number of amides is 1. The summed E-state index contributed by atoms with van der Waals surface area (Å²) in [4.78, 5) is 13.4. The van der Waals surface area contributed by atoms with E-state index in [2.05, 4.69) is 4.72 Å². The second kappa shape index (κ2) is 5.71. The summed E-state index contributed by atoms with van der Waals surface area (Å²) < 4.78 is 25.2. The predicted molar refractivity (Wildman–Crippen MR) is 74.3 cm³/mol. The van der Waals surface area contributed by atoms with Crippen LogP contribution < -0.4 is 9.62 Å². The van der Waals surface area contributed by atoms with Crippen LogP contribution in [0.4, 0.5) is 5.69 Å². The zero-order chi connectivity index (χ0) is 13.9. The molecule has 1 amide bonds. The zero-order valence-corrected chi connectivity index (χ0v) is 11.7. The van der Waals surface area contributed by atoms with E-state index in [1.807, 2.05) is 24.3 Å². The molecule has 1 fully saturated rings. The van der Waals surface area contributed by atoms with Gasteiger partial charge in [0.1, 0.15) is 0 Å². The van der Waals surface area contributed by atoms with E-state index < -0.39 is 10.0 Å². The first kappa shape index (κ1) is 14.0. The maximum atomic E-state index is 11.6. The summed E-state index contributed by atoms with van der Waals surface area (Å²) in [5.41, 5.74) is 1.76. The number of carbonyl (C=O) groups excluding carboxylic acids is 1. The molecule has 1 heterocycles. The van der Waals surface area contributed by atoms with E-state index in [-0.39, 0.29) is 18.2 Å². The number of sulfonamides is 1. The van der Waals surface area contributed by atoms with Gasteiger partial charge in [0.2, 0.25) is 15.9 Å². The Bertz CT molecular complexity index is 552. The molecule has 1 N–H and O–H groups in total. The van der Waals surface area contributed by atoms with E-state index in [0.29, 0.717) is 6.42 Å². The highest BCUT2D eigenvalue weighted by atomic mass is 32.2. The SMILES string of the molecule is CCS(=O)(=O)NCc1ccc(N2CCCC2=O)cc1. The fourth-order valence-electron chi connectivity index (χ4n) is 2.01. The Kier molecular flexibility index (Phi) is 4.21. The van der Waals surface area contributed by atoms with Gasteiger partial charge >= 0.3 is 0 Å².